The van der Waals surface area contributed by atoms with Crippen molar-refractivity contribution >= 4 is 22.6 Å². The molecular weight excluding hydrogens is 241 g/mol. The van der Waals surface area contributed by atoms with Crippen LogP contribution in [0, 0.1) is 0 Å². The van der Waals surface area contributed by atoms with Gasteiger partial charge in [-0.1, -0.05) is 6.58 Å². The van der Waals surface area contributed by atoms with Crippen LogP contribution in [0.1, 0.15) is 0 Å². The summed E-state index contributed by atoms with van der Waals surface area (Å²) in [4.78, 5) is 0. The van der Waals surface area contributed by atoms with Gasteiger partial charge in [0, 0.05) is 3.58 Å². The van der Waals surface area contributed by atoms with Gasteiger partial charge in [0.15, 0.2) is 0 Å². The van der Waals surface area contributed by atoms with Crippen molar-refractivity contribution in [3.8, 4) is 0 Å². The van der Waals surface area contributed by atoms with Gasteiger partial charge in [0.25, 0.3) is 0 Å². The second kappa shape index (κ2) is 5.34. The fourth-order valence-electron chi connectivity index (χ4n) is 0.353. The van der Waals surface area contributed by atoms with Crippen molar-refractivity contribution in [3.63, 3.8) is 0 Å². The normalized spacial score (nSPS) is 12.0. The summed E-state index contributed by atoms with van der Waals surface area (Å²) in [5, 5.41) is 0. The number of allylic oxidation sites excluding steroid dienone is 3. The molecule has 0 aliphatic carbocycles. The molecule has 0 aliphatic rings. The highest BCUT2D eigenvalue weighted by atomic mass is 127. The lowest BCUT2D eigenvalue weighted by Gasteiger charge is -1.95. The first-order chi connectivity index (χ1) is 4.70. The monoisotopic (exact) mass is 251 g/mol. The summed E-state index contributed by atoms with van der Waals surface area (Å²) in [6.45, 7) is 3.62. The molecule has 0 heterocycles. The van der Waals surface area contributed by atoms with Crippen LogP contribution in [-0.4, -0.2) is 7.11 Å². The van der Waals surface area contributed by atoms with Crippen LogP contribution in [-0.2, 0) is 4.74 Å². The lowest BCUT2D eigenvalue weighted by molar-refractivity contribution is 0.309. The number of methoxy groups -OCH3 is 1. The summed E-state index contributed by atoms with van der Waals surface area (Å²) in [6.07, 6.45) is 5.04. The lowest BCUT2D eigenvalue weighted by atomic mass is 10.4. The van der Waals surface area contributed by atoms with E-state index in [1.807, 2.05) is 0 Å². The number of nitrogens with two attached hydrogens (primary N) is 1. The minimum atomic E-state index is 0.627. The molecule has 56 valence electrons. The van der Waals surface area contributed by atoms with Gasteiger partial charge >= 0.3 is 0 Å². The van der Waals surface area contributed by atoms with Crippen LogP contribution in [0.15, 0.2) is 34.3 Å². The molecule has 0 fully saturated rings. The summed E-state index contributed by atoms with van der Waals surface area (Å²) in [7, 11) is 1.58. The van der Waals surface area contributed by atoms with Crippen molar-refractivity contribution in [2.75, 3.05) is 7.11 Å². The van der Waals surface area contributed by atoms with E-state index in [1.165, 1.54) is 6.20 Å². The van der Waals surface area contributed by atoms with Crippen molar-refractivity contribution in [2.45, 2.75) is 0 Å². The SMILES string of the molecule is C=C(/C=C(I)\C=C/N)OC. The minimum Gasteiger partial charge on any atom is -0.497 e. The molecule has 2 N–H and O–H groups in total. The second-order valence-electron chi connectivity index (χ2n) is 1.56. The molecule has 0 atom stereocenters. The number of halogens is 1. The van der Waals surface area contributed by atoms with Crippen molar-refractivity contribution in [1.29, 1.82) is 0 Å². The van der Waals surface area contributed by atoms with Crippen LogP contribution in [0.3, 0.4) is 0 Å². The molecule has 10 heavy (non-hydrogen) atoms. The van der Waals surface area contributed by atoms with Crippen LogP contribution < -0.4 is 5.73 Å². The third kappa shape index (κ3) is 4.43. The Bertz CT molecular complexity index is 172. The Morgan fingerprint density at radius 3 is 2.70 bits per heavy atom. The quantitative estimate of drug-likeness (QED) is 0.472. The molecule has 0 bridgehead atoms. The summed E-state index contributed by atoms with van der Waals surface area (Å²) < 4.78 is 5.81. The highest BCUT2D eigenvalue weighted by molar-refractivity contribution is 14.1. The van der Waals surface area contributed by atoms with Gasteiger partial charge in [-0.05, 0) is 40.9 Å². The van der Waals surface area contributed by atoms with Crippen LogP contribution in [0.25, 0.3) is 0 Å². The van der Waals surface area contributed by atoms with Crippen molar-refractivity contribution in [3.05, 3.63) is 34.3 Å². The predicted molar refractivity (Wildman–Crippen MR) is 51.6 cm³/mol. The highest BCUT2D eigenvalue weighted by Gasteiger charge is 1.86. The molecule has 2 nitrogen and oxygen atoms in total. The molecule has 0 rings (SSSR count). The van der Waals surface area contributed by atoms with E-state index in [2.05, 4.69) is 29.2 Å². The Hall–Kier alpha value is -0.450. The maximum absolute atomic E-state index is 5.15. The Labute approximate surface area is 74.6 Å². The summed E-state index contributed by atoms with van der Waals surface area (Å²) >= 11 is 2.13. The van der Waals surface area contributed by atoms with Gasteiger partial charge in [0.05, 0.1) is 7.11 Å². The van der Waals surface area contributed by atoms with Gasteiger partial charge in [0.2, 0.25) is 0 Å². The van der Waals surface area contributed by atoms with Crippen LogP contribution in [0.4, 0.5) is 0 Å². The van der Waals surface area contributed by atoms with Gasteiger partial charge < -0.3 is 10.5 Å². The average molecular weight is 251 g/mol. The van der Waals surface area contributed by atoms with Crippen LogP contribution >= 0.6 is 22.6 Å². The fourth-order valence-corrected chi connectivity index (χ4v) is 0.908. The summed E-state index contributed by atoms with van der Waals surface area (Å²) in [5.41, 5.74) is 5.15. The van der Waals surface area contributed by atoms with E-state index in [1.54, 1.807) is 19.3 Å². The third-order valence-electron chi connectivity index (χ3n) is 0.817. The molecule has 0 saturated carbocycles. The number of rotatable bonds is 3. The third-order valence-corrected chi connectivity index (χ3v) is 1.49. The topological polar surface area (TPSA) is 35.2 Å². The van der Waals surface area contributed by atoms with E-state index in [4.69, 9.17) is 10.5 Å². The molecule has 0 amide bonds. The largest absolute Gasteiger partial charge is 0.497 e. The van der Waals surface area contributed by atoms with E-state index in [0.29, 0.717) is 5.76 Å². The van der Waals surface area contributed by atoms with E-state index >= 15 is 0 Å². The number of hydrogen-bond acceptors (Lipinski definition) is 2. The predicted octanol–water partition coefficient (Wildman–Crippen LogP) is 1.94. The van der Waals surface area contributed by atoms with Crippen molar-refractivity contribution in [2.24, 2.45) is 5.73 Å². The molecule has 0 unspecified atom stereocenters. The first kappa shape index (κ1) is 9.55. The Balaban J connectivity index is 4.02. The molecule has 0 radical (unpaired) electrons. The van der Waals surface area contributed by atoms with Gasteiger partial charge in [-0.3, -0.25) is 0 Å². The molecular formula is C7H10INO. The summed E-state index contributed by atoms with van der Waals surface area (Å²) in [6, 6.07) is 0. The molecule has 0 aliphatic heterocycles. The standard InChI is InChI=1S/C7H10INO/c1-6(10-2)5-7(8)3-4-9/h3-5H,1,9H2,2H3/b4-3-,7-5+. The Morgan fingerprint density at radius 1 is 1.70 bits per heavy atom. The first-order valence-corrected chi connectivity index (χ1v) is 3.77. The van der Waals surface area contributed by atoms with Crippen LogP contribution in [0.5, 0.6) is 0 Å². The molecule has 0 saturated heterocycles. The van der Waals surface area contributed by atoms with Gasteiger partial charge in [-0.2, -0.15) is 0 Å². The average Bonchev–Trinajstić information content (AvgIpc) is 1.88. The zero-order valence-electron chi connectivity index (χ0n) is 5.80. The Morgan fingerprint density at radius 2 is 2.30 bits per heavy atom. The van der Waals surface area contributed by atoms with Gasteiger partial charge in [0.1, 0.15) is 5.76 Å². The van der Waals surface area contributed by atoms with E-state index in [9.17, 15) is 0 Å². The van der Waals surface area contributed by atoms with E-state index in [0.717, 1.165) is 3.58 Å². The molecule has 0 aromatic carbocycles. The maximum atomic E-state index is 5.15. The fraction of sp³-hybridized carbons (Fsp3) is 0.143. The zero-order valence-corrected chi connectivity index (χ0v) is 7.96. The van der Waals surface area contributed by atoms with E-state index < -0.39 is 0 Å². The second-order valence-corrected chi connectivity index (χ2v) is 2.80. The summed E-state index contributed by atoms with van der Waals surface area (Å²) in [5.74, 6) is 0.627. The molecule has 0 spiro atoms. The minimum absolute atomic E-state index is 0.627. The van der Waals surface area contributed by atoms with Gasteiger partial charge in [-0.25, -0.2) is 0 Å². The van der Waals surface area contributed by atoms with Crippen molar-refractivity contribution in [1.82, 2.24) is 0 Å². The van der Waals surface area contributed by atoms with E-state index in [-0.39, 0.29) is 0 Å². The Kier molecular flexibility index (Phi) is 5.10. The van der Waals surface area contributed by atoms with Crippen molar-refractivity contribution < 1.29 is 4.74 Å². The smallest absolute Gasteiger partial charge is 0.112 e. The van der Waals surface area contributed by atoms with Crippen LogP contribution in [0.2, 0.25) is 0 Å². The zero-order chi connectivity index (χ0) is 7.98. The molecule has 0 aromatic rings. The molecule has 3 heteroatoms. The molecule has 0 aromatic heterocycles. The highest BCUT2D eigenvalue weighted by Crippen LogP contribution is 2.09. The number of ether oxygens (including phenoxy) is 1. The van der Waals surface area contributed by atoms with Gasteiger partial charge in [-0.15, -0.1) is 0 Å². The lowest BCUT2D eigenvalue weighted by Crippen LogP contribution is -1.79. The first-order valence-electron chi connectivity index (χ1n) is 2.69. The maximum Gasteiger partial charge on any atom is 0.112 e. The number of hydrogen-bond donors (Lipinski definition) is 1.